The molecule has 0 fully saturated rings. The maximum atomic E-state index is 3.81. The number of fused-ring (bicyclic) bond motifs is 1. The van der Waals surface area contributed by atoms with E-state index < -0.39 is 0 Å². The molecule has 1 aliphatic heterocycles. The first-order chi connectivity index (χ1) is 8.83. The molecule has 0 aliphatic carbocycles. The van der Waals surface area contributed by atoms with E-state index in [2.05, 4.69) is 41.6 Å². The SMILES string of the molecule is C=CCN(CC=C)Cc1ccc2c(c1)CCCN2. The van der Waals surface area contributed by atoms with Gasteiger partial charge in [0.15, 0.2) is 0 Å². The minimum atomic E-state index is 0.904. The van der Waals surface area contributed by atoms with Gasteiger partial charge in [0.2, 0.25) is 0 Å². The first-order valence-corrected chi connectivity index (χ1v) is 6.63. The molecule has 0 unspecified atom stereocenters. The number of nitrogens with one attached hydrogen (secondary N) is 1. The summed E-state index contributed by atoms with van der Waals surface area (Å²) in [6.45, 7) is 11.5. The Balaban J connectivity index is 2.07. The first-order valence-electron chi connectivity index (χ1n) is 6.63. The van der Waals surface area contributed by atoms with E-state index in [0.717, 1.165) is 26.2 Å². The smallest absolute Gasteiger partial charge is 0.0372 e. The molecule has 0 spiro atoms. The van der Waals surface area contributed by atoms with Crippen molar-refractivity contribution < 1.29 is 0 Å². The zero-order valence-electron chi connectivity index (χ0n) is 11.0. The van der Waals surface area contributed by atoms with Crippen LogP contribution in [0.2, 0.25) is 0 Å². The van der Waals surface area contributed by atoms with Crippen molar-refractivity contribution in [3.05, 3.63) is 54.6 Å². The molecule has 0 atom stereocenters. The van der Waals surface area contributed by atoms with Gasteiger partial charge in [-0.3, -0.25) is 4.90 Å². The third-order valence-electron chi connectivity index (χ3n) is 3.29. The lowest BCUT2D eigenvalue weighted by Crippen LogP contribution is -2.23. The highest BCUT2D eigenvalue weighted by Gasteiger charge is 2.10. The molecule has 18 heavy (non-hydrogen) atoms. The maximum Gasteiger partial charge on any atom is 0.0372 e. The van der Waals surface area contributed by atoms with Crippen LogP contribution in [0.3, 0.4) is 0 Å². The van der Waals surface area contributed by atoms with E-state index in [1.165, 1.54) is 29.7 Å². The number of rotatable bonds is 6. The predicted molar refractivity (Wildman–Crippen MR) is 78.9 cm³/mol. The van der Waals surface area contributed by atoms with Crippen LogP contribution in [0.15, 0.2) is 43.5 Å². The second-order valence-electron chi connectivity index (χ2n) is 4.79. The van der Waals surface area contributed by atoms with E-state index in [-0.39, 0.29) is 0 Å². The van der Waals surface area contributed by atoms with Crippen LogP contribution in [0.4, 0.5) is 5.69 Å². The third-order valence-corrected chi connectivity index (χ3v) is 3.29. The lowest BCUT2D eigenvalue weighted by atomic mass is 10.0. The third kappa shape index (κ3) is 3.23. The predicted octanol–water partition coefficient (Wildman–Crippen LogP) is 3.22. The van der Waals surface area contributed by atoms with Gasteiger partial charge in [0.1, 0.15) is 0 Å². The molecular formula is C16H22N2. The Morgan fingerprint density at radius 2 is 2.00 bits per heavy atom. The lowest BCUT2D eigenvalue weighted by molar-refractivity contribution is 0.327. The van der Waals surface area contributed by atoms with Gasteiger partial charge < -0.3 is 5.32 Å². The van der Waals surface area contributed by atoms with Gasteiger partial charge in [-0.05, 0) is 30.0 Å². The van der Waals surface area contributed by atoms with Gasteiger partial charge in [0, 0.05) is 31.9 Å². The summed E-state index contributed by atoms with van der Waals surface area (Å²) in [5, 5.41) is 3.45. The summed E-state index contributed by atoms with van der Waals surface area (Å²) in [6, 6.07) is 6.76. The minimum Gasteiger partial charge on any atom is -0.385 e. The van der Waals surface area contributed by atoms with E-state index in [0.29, 0.717) is 0 Å². The van der Waals surface area contributed by atoms with Crippen LogP contribution in [-0.4, -0.2) is 24.5 Å². The summed E-state index contributed by atoms with van der Waals surface area (Å²) in [5.74, 6) is 0. The van der Waals surface area contributed by atoms with Gasteiger partial charge in [-0.2, -0.15) is 0 Å². The molecule has 1 heterocycles. The number of anilines is 1. The summed E-state index contributed by atoms with van der Waals surface area (Å²) >= 11 is 0. The zero-order valence-corrected chi connectivity index (χ0v) is 11.0. The molecule has 1 aromatic rings. The van der Waals surface area contributed by atoms with Crippen molar-refractivity contribution in [3.63, 3.8) is 0 Å². The average Bonchev–Trinajstić information content (AvgIpc) is 2.39. The second-order valence-corrected chi connectivity index (χ2v) is 4.79. The van der Waals surface area contributed by atoms with Crippen molar-refractivity contribution in [3.8, 4) is 0 Å². The highest BCUT2D eigenvalue weighted by Crippen LogP contribution is 2.23. The van der Waals surface area contributed by atoms with E-state index in [1.807, 2.05) is 12.2 Å². The summed E-state index contributed by atoms with van der Waals surface area (Å²) in [5.41, 5.74) is 4.14. The largest absolute Gasteiger partial charge is 0.385 e. The second kappa shape index (κ2) is 6.41. The fourth-order valence-corrected chi connectivity index (χ4v) is 2.45. The number of benzene rings is 1. The Morgan fingerprint density at radius 1 is 1.22 bits per heavy atom. The quantitative estimate of drug-likeness (QED) is 0.771. The summed E-state index contributed by atoms with van der Waals surface area (Å²) in [7, 11) is 0. The summed E-state index contributed by atoms with van der Waals surface area (Å²) in [6.07, 6.45) is 6.32. The molecule has 2 nitrogen and oxygen atoms in total. The van der Waals surface area contributed by atoms with Crippen LogP contribution in [0, 0.1) is 0 Å². The van der Waals surface area contributed by atoms with Crippen molar-refractivity contribution in [2.45, 2.75) is 19.4 Å². The Bertz CT molecular complexity index is 413. The molecule has 2 heteroatoms. The van der Waals surface area contributed by atoms with Gasteiger partial charge >= 0.3 is 0 Å². The van der Waals surface area contributed by atoms with E-state index in [4.69, 9.17) is 0 Å². The van der Waals surface area contributed by atoms with E-state index in [9.17, 15) is 0 Å². The Hall–Kier alpha value is -1.54. The molecule has 0 bridgehead atoms. The number of hydrogen-bond donors (Lipinski definition) is 1. The molecule has 0 radical (unpaired) electrons. The standard InChI is InChI=1S/C16H22N2/c1-3-10-18(11-4-2)13-14-7-8-16-15(12-14)6-5-9-17-16/h3-4,7-8,12,17H,1-2,5-6,9-11,13H2. The van der Waals surface area contributed by atoms with Crippen molar-refractivity contribution in [2.24, 2.45) is 0 Å². The molecule has 2 rings (SSSR count). The molecule has 96 valence electrons. The number of hydrogen-bond acceptors (Lipinski definition) is 2. The average molecular weight is 242 g/mol. The Labute approximate surface area is 110 Å². The summed E-state index contributed by atoms with van der Waals surface area (Å²) < 4.78 is 0. The monoisotopic (exact) mass is 242 g/mol. The Morgan fingerprint density at radius 3 is 2.72 bits per heavy atom. The number of aryl methyl sites for hydroxylation is 1. The van der Waals surface area contributed by atoms with Gasteiger partial charge in [-0.25, -0.2) is 0 Å². The van der Waals surface area contributed by atoms with Gasteiger partial charge in [0.25, 0.3) is 0 Å². The van der Waals surface area contributed by atoms with Crippen LogP contribution in [-0.2, 0) is 13.0 Å². The molecule has 0 saturated heterocycles. The molecule has 0 saturated carbocycles. The van der Waals surface area contributed by atoms with Gasteiger partial charge in [-0.1, -0.05) is 24.3 Å². The van der Waals surface area contributed by atoms with Gasteiger partial charge in [-0.15, -0.1) is 13.2 Å². The van der Waals surface area contributed by atoms with Crippen molar-refractivity contribution >= 4 is 5.69 Å². The van der Waals surface area contributed by atoms with Crippen LogP contribution >= 0.6 is 0 Å². The van der Waals surface area contributed by atoms with E-state index >= 15 is 0 Å². The Kier molecular flexibility index (Phi) is 4.59. The fraction of sp³-hybridized carbons (Fsp3) is 0.375. The van der Waals surface area contributed by atoms with Crippen molar-refractivity contribution in [1.82, 2.24) is 4.90 Å². The molecule has 1 aliphatic rings. The molecule has 0 amide bonds. The highest BCUT2D eigenvalue weighted by molar-refractivity contribution is 5.54. The maximum absolute atomic E-state index is 3.81. The number of nitrogens with zero attached hydrogens (tertiary/aromatic N) is 1. The normalized spacial score (nSPS) is 13.8. The van der Waals surface area contributed by atoms with Crippen molar-refractivity contribution in [2.75, 3.05) is 25.0 Å². The van der Waals surface area contributed by atoms with Gasteiger partial charge in [0.05, 0.1) is 0 Å². The fourth-order valence-electron chi connectivity index (χ4n) is 2.45. The topological polar surface area (TPSA) is 15.3 Å². The van der Waals surface area contributed by atoms with Crippen LogP contribution < -0.4 is 5.32 Å². The van der Waals surface area contributed by atoms with Crippen LogP contribution in [0.25, 0.3) is 0 Å². The molecule has 1 N–H and O–H groups in total. The van der Waals surface area contributed by atoms with Crippen LogP contribution in [0.5, 0.6) is 0 Å². The van der Waals surface area contributed by atoms with Crippen molar-refractivity contribution in [1.29, 1.82) is 0 Å². The van der Waals surface area contributed by atoms with E-state index in [1.54, 1.807) is 0 Å². The molecule has 0 aromatic heterocycles. The first kappa shape index (κ1) is 12.9. The minimum absolute atomic E-state index is 0.904. The highest BCUT2D eigenvalue weighted by atomic mass is 15.1. The molecular weight excluding hydrogens is 220 g/mol. The summed E-state index contributed by atoms with van der Waals surface area (Å²) in [4.78, 5) is 2.33. The lowest BCUT2D eigenvalue weighted by Gasteiger charge is -2.22. The zero-order chi connectivity index (χ0) is 12.8. The molecule has 1 aromatic carbocycles. The van der Waals surface area contributed by atoms with Crippen LogP contribution in [0.1, 0.15) is 17.5 Å².